The molecule has 1 amide bonds. The highest BCUT2D eigenvalue weighted by Gasteiger charge is 2.18. The predicted octanol–water partition coefficient (Wildman–Crippen LogP) is 1.85. The van der Waals surface area contributed by atoms with Crippen LogP contribution in [0.1, 0.15) is 23.7 Å². The van der Waals surface area contributed by atoms with Gasteiger partial charge in [0.15, 0.2) is 0 Å². The smallest absolute Gasteiger partial charge is 0.307 e. The molecule has 0 spiro atoms. The van der Waals surface area contributed by atoms with Crippen molar-refractivity contribution in [3.63, 3.8) is 0 Å². The molecule has 0 aliphatic carbocycles. The molecule has 1 aromatic rings. The first-order valence-electron chi connectivity index (χ1n) is 5.70. The van der Waals surface area contributed by atoms with Gasteiger partial charge in [0, 0.05) is 13.1 Å². The number of nitrogens with zero attached hydrogens (tertiary/aromatic N) is 1. The molecule has 0 atom stereocenters. The molecule has 4 nitrogen and oxygen atoms in total. The second-order valence-electron chi connectivity index (χ2n) is 3.69. The van der Waals surface area contributed by atoms with Gasteiger partial charge >= 0.3 is 5.97 Å². The van der Waals surface area contributed by atoms with Gasteiger partial charge in [-0.25, -0.2) is 4.39 Å². The van der Waals surface area contributed by atoms with Crippen molar-refractivity contribution in [2.45, 2.75) is 13.3 Å². The average Bonchev–Trinajstić information content (AvgIpc) is 2.39. The number of benzene rings is 1. The highest BCUT2D eigenvalue weighted by molar-refractivity contribution is 5.94. The summed E-state index contributed by atoms with van der Waals surface area (Å²) in [6.45, 7) is 2.40. The molecule has 0 fully saturated rings. The Morgan fingerprint density at radius 1 is 1.33 bits per heavy atom. The Morgan fingerprint density at radius 2 is 2.00 bits per heavy atom. The van der Waals surface area contributed by atoms with Crippen LogP contribution in [-0.2, 0) is 9.53 Å². The summed E-state index contributed by atoms with van der Waals surface area (Å²) < 4.78 is 18.0. The van der Waals surface area contributed by atoms with E-state index in [-0.39, 0.29) is 18.5 Å². The highest BCUT2D eigenvalue weighted by Crippen LogP contribution is 2.10. The van der Waals surface area contributed by atoms with Crippen molar-refractivity contribution in [3.8, 4) is 0 Å². The standard InChI is InChI=1S/C13H16FNO3/c1-3-15(9-8-12(16)18-2)13(17)10-6-4-5-7-11(10)14/h4-7H,3,8-9H2,1-2H3. The van der Waals surface area contributed by atoms with Crippen LogP contribution in [0.3, 0.4) is 0 Å². The van der Waals surface area contributed by atoms with Gasteiger partial charge in [-0.05, 0) is 19.1 Å². The SMILES string of the molecule is CCN(CCC(=O)OC)C(=O)c1ccccc1F. The molecule has 0 N–H and O–H groups in total. The van der Waals surface area contributed by atoms with Crippen LogP contribution in [0.25, 0.3) is 0 Å². The lowest BCUT2D eigenvalue weighted by molar-refractivity contribution is -0.140. The van der Waals surface area contributed by atoms with Gasteiger partial charge in [0.05, 0.1) is 19.1 Å². The van der Waals surface area contributed by atoms with Crippen LogP contribution in [0.2, 0.25) is 0 Å². The third kappa shape index (κ3) is 3.55. The maximum absolute atomic E-state index is 13.5. The number of esters is 1. The minimum absolute atomic E-state index is 0.0178. The number of amides is 1. The molecule has 0 saturated carbocycles. The summed E-state index contributed by atoms with van der Waals surface area (Å²) in [5.74, 6) is -1.37. The quantitative estimate of drug-likeness (QED) is 0.752. The normalized spacial score (nSPS) is 9.94. The van der Waals surface area contributed by atoms with Gasteiger partial charge in [0.1, 0.15) is 5.82 Å². The zero-order valence-electron chi connectivity index (χ0n) is 10.5. The zero-order valence-corrected chi connectivity index (χ0v) is 10.5. The van der Waals surface area contributed by atoms with Crippen molar-refractivity contribution in [2.75, 3.05) is 20.2 Å². The lowest BCUT2D eigenvalue weighted by atomic mass is 10.2. The lowest BCUT2D eigenvalue weighted by Gasteiger charge is -2.20. The van der Waals surface area contributed by atoms with Gasteiger partial charge in [0.2, 0.25) is 0 Å². The fourth-order valence-electron chi connectivity index (χ4n) is 1.54. The summed E-state index contributed by atoms with van der Waals surface area (Å²) in [5, 5.41) is 0. The molecule has 0 unspecified atom stereocenters. The van der Waals surface area contributed by atoms with E-state index in [0.29, 0.717) is 6.54 Å². The van der Waals surface area contributed by atoms with Gasteiger partial charge in [-0.2, -0.15) is 0 Å². The Hall–Kier alpha value is -1.91. The molecule has 0 saturated heterocycles. The summed E-state index contributed by atoms with van der Waals surface area (Å²) in [4.78, 5) is 24.5. The van der Waals surface area contributed by atoms with E-state index in [1.807, 2.05) is 0 Å². The molecule has 1 aromatic carbocycles. The van der Waals surface area contributed by atoms with Gasteiger partial charge in [-0.3, -0.25) is 9.59 Å². The first-order valence-corrected chi connectivity index (χ1v) is 5.70. The maximum Gasteiger partial charge on any atom is 0.307 e. The van der Waals surface area contributed by atoms with Crippen LogP contribution in [-0.4, -0.2) is 37.0 Å². The van der Waals surface area contributed by atoms with Crippen molar-refractivity contribution in [1.82, 2.24) is 4.90 Å². The fraction of sp³-hybridized carbons (Fsp3) is 0.385. The van der Waals surface area contributed by atoms with Crippen LogP contribution < -0.4 is 0 Å². The molecule has 0 heterocycles. The number of rotatable bonds is 5. The zero-order chi connectivity index (χ0) is 13.5. The minimum atomic E-state index is -0.556. The molecular formula is C13H16FNO3. The van der Waals surface area contributed by atoms with Crippen LogP contribution in [0.5, 0.6) is 0 Å². The molecule has 1 rings (SSSR count). The van der Waals surface area contributed by atoms with Gasteiger partial charge in [0.25, 0.3) is 5.91 Å². The summed E-state index contributed by atoms with van der Waals surface area (Å²) >= 11 is 0. The number of carbonyl (C=O) groups excluding carboxylic acids is 2. The van der Waals surface area contributed by atoms with Crippen molar-refractivity contribution >= 4 is 11.9 Å². The van der Waals surface area contributed by atoms with E-state index < -0.39 is 17.7 Å². The third-order valence-electron chi connectivity index (χ3n) is 2.59. The Labute approximate surface area is 105 Å². The molecule has 5 heteroatoms. The molecule has 0 aliphatic rings. The van der Waals surface area contributed by atoms with Crippen molar-refractivity contribution in [1.29, 1.82) is 0 Å². The topological polar surface area (TPSA) is 46.6 Å². The monoisotopic (exact) mass is 253 g/mol. The van der Waals surface area contributed by atoms with Crippen LogP contribution in [0, 0.1) is 5.82 Å². The Kier molecular flexibility index (Phi) is 5.30. The third-order valence-corrected chi connectivity index (χ3v) is 2.59. The first kappa shape index (κ1) is 14.2. The number of methoxy groups -OCH3 is 1. The van der Waals surface area contributed by atoms with E-state index >= 15 is 0 Å². The summed E-state index contributed by atoms with van der Waals surface area (Å²) in [6, 6.07) is 5.79. The number of hydrogen-bond donors (Lipinski definition) is 0. The van der Waals surface area contributed by atoms with E-state index in [2.05, 4.69) is 4.74 Å². The predicted molar refractivity (Wildman–Crippen MR) is 64.6 cm³/mol. The van der Waals surface area contributed by atoms with Crippen LogP contribution >= 0.6 is 0 Å². The van der Waals surface area contributed by atoms with E-state index in [1.54, 1.807) is 13.0 Å². The number of halogens is 1. The van der Waals surface area contributed by atoms with E-state index in [1.165, 1.54) is 30.2 Å². The van der Waals surface area contributed by atoms with Gasteiger partial charge < -0.3 is 9.64 Å². The Morgan fingerprint density at radius 3 is 2.56 bits per heavy atom. The largest absolute Gasteiger partial charge is 0.469 e. The van der Waals surface area contributed by atoms with E-state index in [9.17, 15) is 14.0 Å². The van der Waals surface area contributed by atoms with Gasteiger partial charge in [-0.1, -0.05) is 12.1 Å². The first-order chi connectivity index (χ1) is 8.60. The number of ether oxygens (including phenoxy) is 1. The van der Waals surface area contributed by atoms with Crippen molar-refractivity contribution in [2.24, 2.45) is 0 Å². The molecule has 0 aromatic heterocycles. The highest BCUT2D eigenvalue weighted by atomic mass is 19.1. The van der Waals surface area contributed by atoms with E-state index in [4.69, 9.17) is 0 Å². The Balaban J connectivity index is 2.74. The van der Waals surface area contributed by atoms with Crippen LogP contribution in [0.15, 0.2) is 24.3 Å². The molecule has 98 valence electrons. The summed E-state index contributed by atoms with van der Waals surface area (Å²) in [5.41, 5.74) is 0.0178. The molecule has 0 bridgehead atoms. The lowest BCUT2D eigenvalue weighted by Crippen LogP contribution is -2.33. The second kappa shape index (κ2) is 6.74. The van der Waals surface area contributed by atoms with Crippen molar-refractivity contribution in [3.05, 3.63) is 35.6 Å². The number of carbonyl (C=O) groups is 2. The van der Waals surface area contributed by atoms with Gasteiger partial charge in [-0.15, -0.1) is 0 Å². The molecule has 0 radical (unpaired) electrons. The molecular weight excluding hydrogens is 237 g/mol. The minimum Gasteiger partial charge on any atom is -0.469 e. The fourth-order valence-corrected chi connectivity index (χ4v) is 1.54. The van der Waals surface area contributed by atoms with Crippen LogP contribution in [0.4, 0.5) is 4.39 Å². The molecule has 18 heavy (non-hydrogen) atoms. The maximum atomic E-state index is 13.5. The van der Waals surface area contributed by atoms with E-state index in [0.717, 1.165) is 0 Å². The molecule has 0 aliphatic heterocycles. The average molecular weight is 253 g/mol. The number of hydrogen-bond acceptors (Lipinski definition) is 3. The second-order valence-corrected chi connectivity index (χ2v) is 3.69. The Bertz CT molecular complexity index is 434. The summed E-state index contributed by atoms with van der Waals surface area (Å²) in [7, 11) is 1.29. The summed E-state index contributed by atoms with van der Waals surface area (Å²) in [6.07, 6.45) is 0.102. The van der Waals surface area contributed by atoms with Crippen molar-refractivity contribution < 1.29 is 18.7 Å².